The van der Waals surface area contributed by atoms with Crippen molar-refractivity contribution in [2.24, 2.45) is 0 Å². The van der Waals surface area contributed by atoms with Crippen LogP contribution in [0.25, 0.3) is 17.1 Å². The molecule has 0 saturated carbocycles. The maximum absolute atomic E-state index is 12.3. The lowest BCUT2D eigenvalue weighted by Crippen LogP contribution is -2.13. The zero-order chi connectivity index (χ0) is 17.8. The van der Waals surface area contributed by atoms with Gasteiger partial charge in [-0.2, -0.15) is 5.26 Å². The summed E-state index contributed by atoms with van der Waals surface area (Å²) in [6.07, 6.45) is 1.49. The summed E-state index contributed by atoms with van der Waals surface area (Å²) in [5.74, 6) is 0.157. The van der Waals surface area contributed by atoms with Gasteiger partial charge in [-0.05, 0) is 42.0 Å². The zero-order valence-electron chi connectivity index (χ0n) is 13.3. The Balaban J connectivity index is 1.82. The average Bonchev–Trinajstić information content (AvgIpc) is 2.99. The smallest absolute Gasteiger partial charge is 0.323 e. The molecule has 0 fully saturated rings. The van der Waals surface area contributed by atoms with Crippen LogP contribution in [-0.2, 0) is 4.79 Å². The summed E-state index contributed by atoms with van der Waals surface area (Å²) in [5.41, 5.74) is 2.03. The highest BCUT2D eigenvalue weighted by Gasteiger charge is 2.10. The topological polar surface area (TPSA) is 111 Å². The first kappa shape index (κ1) is 16.1. The summed E-state index contributed by atoms with van der Waals surface area (Å²) >= 11 is 0. The number of nitrogens with one attached hydrogen (secondary N) is 3. The number of rotatable bonds is 4. The van der Waals surface area contributed by atoms with Crippen LogP contribution in [0.1, 0.15) is 5.56 Å². The highest BCUT2D eigenvalue weighted by molar-refractivity contribution is 6.10. The van der Waals surface area contributed by atoms with E-state index in [1.165, 1.54) is 6.08 Å². The molecule has 0 aliphatic heterocycles. The quantitative estimate of drug-likeness (QED) is 0.502. The van der Waals surface area contributed by atoms with E-state index in [2.05, 4.69) is 15.3 Å². The molecule has 2 aromatic carbocycles. The van der Waals surface area contributed by atoms with Crippen LogP contribution in [0, 0.1) is 11.3 Å². The van der Waals surface area contributed by atoms with Crippen molar-refractivity contribution in [2.75, 3.05) is 12.4 Å². The number of aromatic nitrogens is 2. The lowest BCUT2D eigenvalue weighted by atomic mass is 10.1. The van der Waals surface area contributed by atoms with E-state index in [9.17, 15) is 14.9 Å². The van der Waals surface area contributed by atoms with Gasteiger partial charge < -0.3 is 20.0 Å². The lowest BCUT2D eigenvalue weighted by Gasteiger charge is -2.05. The Hall–Kier alpha value is -3.79. The zero-order valence-corrected chi connectivity index (χ0v) is 13.3. The normalized spacial score (nSPS) is 11.1. The van der Waals surface area contributed by atoms with Crippen LogP contribution in [0.4, 0.5) is 5.69 Å². The van der Waals surface area contributed by atoms with Gasteiger partial charge in [0.2, 0.25) is 0 Å². The molecular weight excluding hydrogens is 320 g/mol. The minimum absolute atomic E-state index is 0.0344. The maximum Gasteiger partial charge on any atom is 0.323 e. The van der Waals surface area contributed by atoms with Crippen LogP contribution < -0.4 is 15.7 Å². The Labute approximate surface area is 142 Å². The molecule has 1 aromatic heterocycles. The number of methoxy groups -OCH3 is 1. The molecule has 3 N–H and O–H groups in total. The number of hydrogen-bond donors (Lipinski definition) is 3. The molecule has 0 aliphatic carbocycles. The minimum Gasteiger partial charge on any atom is -0.497 e. The van der Waals surface area contributed by atoms with Gasteiger partial charge in [0.1, 0.15) is 17.4 Å². The summed E-state index contributed by atoms with van der Waals surface area (Å²) in [4.78, 5) is 28.8. The number of nitrogens with zero attached hydrogens (tertiary/aromatic N) is 1. The van der Waals surface area contributed by atoms with E-state index in [4.69, 9.17) is 4.74 Å². The third kappa shape index (κ3) is 3.59. The molecule has 0 spiro atoms. The minimum atomic E-state index is -0.532. The van der Waals surface area contributed by atoms with Crippen LogP contribution in [0.2, 0.25) is 0 Å². The molecule has 124 valence electrons. The van der Waals surface area contributed by atoms with Crippen molar-refractivity contribution in [2.45, 2.75) is 0 Å². The molecule has 0 unspecified atom stereocenters. The Kier molecular flexibility index (Phi) is 4.35. The van der Waals surface area contributed by atoms with Crippen LogP contribution in [0.15, 0.2) is 52.8 Å². The molecular formula is C18H14N4O3. The van der Waals surface area contributed by atoms with Gasteiger partial charge in [0.25, 0.3) is 5.91 Å². The number of fused-ring (bicyclic) bond motifs is 1. The fourth-order valence-corrected chi connectivity index (χ4v) is 2.32. The summed E-state index contributed by atoms with van der Waals surface area (Å²) in [6.45, 7) is 0. The molecule has 7 heteroatoms. The van der Waals surface area contributed by atoms with Crippen molar-refractivity contribution < 1.29 is 9.53 Å². The second-order valence-electron chi connectivity index (χ2n) is 5.24. The Morgan fingerprint density at radius 3 is 2.56 bits per heavy atom. The van der Waals surface area contributed by atoms with Gasteiger partial charge in [0.15, 0.2) is 0 Å². The van der Waals surface area contributed by atoms with Crippen molar-refractivity contribution in [1.29, 1.82) is 5.26 Å². The van der Waals surface area contributed by atoms with Crippen LogP contribution in [0.5, 0.6) is 5.75 Å². The molecule has 0 atom stereocenters. The van der Waals surface area contributed by atoms with Gasteiger partial charge in [-0.1, -0.05) is 12.1 Å². The van der Waals surface area contributed by atoms with Gasteiger partial charge in [-0.25, -0.2) is 4.79 Å². The summed E-state index contributed by atoms with van der Waals surface area (Å²) in [7, 11) is 1.56. The fraction of sp³-hybridized carbons (Fsp3) is 0.0556. The van der Waals surface area contributed by atoms with Gasteiger partial charge in [-0.3, -0.25) is 4.79 Å². The third-order valence-electron chi connectivity index (χ3n) is 3.57. The standard InChI is InChI=1S/C18H14N4O3/c1-25-14-5-2-11(3-6-14)8-12(10-19)17(23)20-13-4-7-15-16(9-13)22-18(24)21-15/h2-9H,1H3,(H,20,23)(H2,21,22,24)/b12-8+. The molecule has 3 rings (SSSR count). The summed E-state index contributed by atoms with van der Waals surface area (Å²) in [5, 5.41) is 11.9. The first-order valence-corrected chi connectivity index (χ1v) is 7.38. The number of carbonyl (C=O) groups excluding carboxylic acids is 1. The molecule has 0 saturated heterocycles. The fourth-order valence-electron chi connectivity index (χ4n) is 2.32. The summed E-state index contributed by atoms with van der Waals surface area (Å²) < 4.78 is 5.07. The average molecular weight is 334 g/mol. The predicted octanol–water partition coefficient (Wildman–Crippen LogP) is 2.41. The van der Waals surface area contributed by atoms with Crippen molar-refractivity contribution in [3.63, 3.8) is 0 Å². The van der Waals surface area contributed by atoms with Crippen molar-refractivity contribution in [3.05, 3.63) is 64.1 Å². The number of imidazole rings is 1. The number of benzene rings is 2. The van der Waals surface area contributed by atoms with E-state index in [-0.39, 0.29) is 11.3 Å². The summed E-state index contributed by atoms with van der Waals surface area (Å²) in [6, 6.07) is 13.8. The van der Waals surface area contributed by atoms with Gasteiger partial charge >= 0.3 is 5.69 Å². The maximum atomic E-state index is 12.3. The molecule has 7 nitrogen and oxygen atoms in total. The highest BCUT2D eigenvalue weighted by Crippen LogP contribution is 2.17. The van der Waals surface area contributed by atoms with E-state index in [1.54, 1.807) is 49.6 Å². The predicted molar refractivity (Wildman–Crippen MR) is 94.1 cm³/mol. The molecule has 25 heavy (non-hydrogen) atoms. The molecule has 0 bridgehead atoms. The molecule has 0 aliphatic rings. The SMILES string of the molecule is COc1ccc(/C=C(\C#N)C(=O)Nc2ccc3[nH]c(=O)[nH]c3c2)cc1. The molecule has 1 heterocycles. The first-order valence-electron chi connectivity index (χ1n) is 7.38. The number of aromatic amines is 2. The van der Waals surface area contributed by atoms with Gasteiger partial charge in [0.05, 0.1) is 18.1 Å². The van der Waals surface area contributed by atoms with Crippen LogP contribution >= 0.6 is 0 Å². The van der Waals surface area contributed by atoms with E-state index in [0.29, 0.717) is 28.0 Å². The number of anilines is 1. The second kappa shape index (κ2) is 6.76. The molecule has 0 radical (unpaired) electrons. The third-order valence-corrected chi connectivity index (χ3v) is 3.57. The van der Waals surface area contributed by atoms with E-state index >= 15 is 0 Å². The van der Waals surface area contributed by atoms with Crippen LogP contribution in [0.3, 0.4) is 0 Å². The number of carbonyl (C=O) groups is 1. The number of hydrogen-bond acceptors (Lipinski definition) is 4. The number of ether oxygens (including phenoxy) is 1. The van der Waals surface area contributed by atoms with Crippen molar-refractivity contribution >= 4 is 28.7 Å². The number of amides is 1. The van der Waals surface area contributed by atoms with Crippen molar-refractivity contribution in [3.8, 4) is 11.8 Å². The monoisotopic (exact) mass is 334 g/mol. The first-order chi connectivity index (χ1) is 12.1. The second-order valence-corrected chi connectivity index (χ2v) is 5.24. The van der Waals surface area contributed by atoms with Gasteiger partial charge in [-0.15, -0.1) is 0 Å². The van der Waals surface area contributed by atoms with E-state index in [0.717, 1.165) is 0 Å². The molecule has 1 amide bonds. The van der Waals surface area contributed by atoms with Crippen LogP contribution in [-0.4, -0.2) is 23.0 Å². The van der Waals surface area contributed by atoms with Gasteiger partial charge in [0, 0.05) is 5.69 Å². The van der Waals surface area contributed by atoms with E-state index in [1.807, 2.05) is 6.07 Å². The number of nitriles is 1. The number of H-pyrrole nitrogens is 2. The highest BCUT2D eigenvalue weighted by atomic mass is 16.5. The van der Waals surface area contributed by atoms with Crippen molar-refractivity contribution in [1.82, 2.24) is 9.97 Å². The molecule has 3 aromatic rings. The lowest BCUT2D eigenvalue weighted by molar-refractivity contribution is -0.112. The van der Waals surface area contributed by atoms with E-state index < -0.39 is 5.91 Å². The Bertz CT molecular complexity index is 1050. The Morgan fingerprint density at radius 2 is 1.88 bits per heavy atom. The largest absolute Gasteiger partial charge is 0.497 e. The Morgan fingerprint density at radius 1 is 1.16 bits per heavy atom.